The van der Waals surface area contributed by atoms with Gasteiger partial charge in [0.05, 0.1) is 0 Å². The summed E-state index contributed by atoms with van der Waals surface area (Å²) in [5.41, 5.74) is 2.63. The quantitative estimate of drug-likeness (QED) is 0.581. The summed E-state index contributed by atoms with van der Waals surface area (Å²) in [5.74, 6) is 0.451. The normalized spacial score (nSPS) is 25.2. The lowest BCUT2D eigenvalue weighted by molar-refractivity contribution is 0.966. The number of benzene rings is 1. The molecule has 1 N–H and O–H groups in total. The van der Waals surface area contributed by atoms with Crippen molar-refractivity contribution in [3.63, 3.8) is 0 Å². The summed E-state index contributed by atoms with van der Waals surface area (Å²) in [6.07, 6.45) is 6.64. The van der Waals surface area contributed by atoms with Crippen molar-refractivity contribution in [2.75, 3.05) is 11.9 Å². The standard InChI is InChI=1S/C13H13I2N/c1-9-7-10(14)3-2-6-16-13-5-4-11(15)8-12(9)13/h2-5,7-9,16H,6H2,1H3/b3-2-,10-7+. The van der Waals surface area contributed by atoms with Gasteiger partial charge in [-0.1, -0.05) is 25.2 Å². The second kappa shape index (κ2) is 5.53. The summed E-state index contributed by atoms with van der Waals surface area (Å²) < 4.78 is 2.60. The van der Waals surface area contributed by atoms with Gasteiger partial charge in [-0.2, -0.15) is 0 Å². The summed E-state index contributed by atoms with van der Waals surface area (Å²) >= 11 is 4.75. The molecule has 1 aromatic rings. The molecule has 0 aliphatic carbocycles. The van der Waals surface area contributed by atoms with Gasteiger partial charge in [-0.05, 0) is 68.9 Å². The van der Waals surface area contributed by atoms with Crippen molar-refractivity contribution in [2.24, 2.45) is 0 Å². The van der Waals surface area contributed by atoms with Crippen LogP contribution in [0.1, 0.15) is 18.4 Å². The van der Waals surface area contributed by atoms with Crippen LogP contribution in [-0.4, -0.2) is 6.54 Å². The maximum Gasteiger partial charge on any atom is 0.0381 e. The van der Waals surface area contributed by atoms with Gasteiger partial charge in [-0.15, -0.1) is 0 Å². The molecule has 0 saturated carbocycles. The van der Waals surface area contributed by atoms with E-state index in [1.54, 1.807) is 0 Å². The molecule has 1 aromatic carbocycles. The van der Waals surface area contributed by atoms with Crippen molar-refractivity contribution in [2.45, 2.75) is 12.8 Å². The highest BCUT2D eigenvalue weighted by Gasteiger charge is 2.10. The molecule has 0 amide bonds. The summed E-state index contributed by atoms with van der Waals surface area (Å²) in [6.45, 7) is 3.13. The molecular formula is C13H13I2N. The van der Waals surface area contributed by atoms with Crippen LogP contribution in [0.25, 0.3) is 0 Å². The number of halogens is 2. The zero-order valence-corrected chi connectivity index (χ0v) is 13.3. The second-order valence-corrected chi connectivity index (χ2v) is 6.35. The fourth-order valence-corrected chi connectivity index (χ4v) is 3.10. The number of rotatable bonds is 0. The van der Waals surface area contributed by atoms with Crippen molar-refractivity contribution in [3.8, 4) is 0 Å². The molecule has 3 heteroatoms. The van der Waals surface area contributed by atoms with E-state index in [1.807, 2.05) is 0 Å². The highest BCUT2D eigenvalue weighted by atomic mass is 127. The fraction of sp³-hybridized carbons (Fsp3) is 0.231. The lowest BCUT2D eigenvalue weighted by Gasteiger charge is -2.14. The first kappa shape index (κ1) is 12.4. The molecule has 0 spiro atoms. The van der Waals surface area contributed by atoms with E-state index in [2.05, 4.69) is 93.8 Å². The van der Waals surface area contributed by atoms with E-state index in [1.165, 1.54) is 18.4 Å². The number of fused-ring (bicyclic) bond motifs is 1. The fourth-order valence-electron chi connectivity index (χ4n) is 1.80. The van der Waals surface area contributed by atoms with Crippen LogP contribution in [0, 0.1) is 3.57 Å². The first-order chi connectivity index (χ1) is 7.66. The Labute approximate surface area is 124 Å². The number of allylic oxidation sites excluding steroid dienone is 3. The Balaban J connectivity index is 2.47. The average Bonchev–Trinajstić information content (AvgIpc) is 2.30. The minimum Gasteiger partial charge on any atom is -0.381 e. The Bertz CT molecular complexity index is 449. The van der Waals surface area contributed by atoms with Crippen molar-refractivity contribution in [1.29, 1.82) is 0 Å². The third kappa shape index (κ3) is 3.00. The van der Waals surface area contributed by atoms with Crippen molar-refractivity contribution in [3.05, 3.63) is 49.1 Å². The van der Waals surface area contributed by atoms with E-state index in [0.717, 1.165) is 6.54 Å². The van der Waals surface area contributed by atoms with Crippen LogP contribution in [0.4, 0.5) is 5.69 Å². The maximum atomic E-state index is 3.46. The van der Waals surface area contributed by atoms with E-state index in [0.29, 0.717) is 5.92 Å². The van der Waals surface area contributed by atoms with Crippen LogP contribution in [0.5, 0.6) is 0 Å². The Hall–Kier alpha value is -0.0400. The lowest BCUT2D eigenvalue weighted by atomic mass is 9.99. The summed E-state index contributed by atoms with van der Waals surface area (Å²) in [6, 6.07) is 6.59. The molecule has 16 heavy (non-hydrogen) atoms. The molecule has 2 rings (SSSR count). The zero-order valence-electron chi connectivity index (χ0n) is 9.00. The van der Waals surface area contributed by atoms with E-state index in [-0.39, 0.29) is 0 Å². The van der Waals surface area contributed by atoms with Gasteiger partial charge in [-0.3, -0.25) is 0 Å². The van der Waals surface area contributed by atoms with Gasteiger partial charge in [0, 0.05) is 25.3 Å². The summed E-state index contributed by atoms with van der Waals surface area (Å²) in [7, 11) is 0. The molecule has 1 unspecified atom stereocenters. The highest BCUT2D eigenvalue weighted by molar-refractivity contribution is 14.1. The van der Waals surface area contributed by atoms with Gasteiger partial charge in [0.25, 0.3) is 0 Å². The third-order valence-electron chi connectivity index (χ3n) is 2.60. The number of hydrogen-bond donors (Lipinski definition) is 1. The van der Waals surface area contributed by atoms with Crippen LogP contribution < -0.4 is 5.32 Å². The minimum atomic E-state index is 0.451. The van der Waals surface area contributed by atoms with Crippen molar-refractivity contribution < 1.29 is 0 Å². The molecule has 0 aromatic heterocycles. The highest BCUT2D eigenvalue weighted by Crippen LogP contribution is 2.30. The molecule has 1 nitrogen and oxygen atoms in total. The second-order valence-electron chi connectivity index (χ2n) is 3.86. The summed E-state index contributed by atoms with van der Waals surface area (Å²) in [4.78, 5) is 0. The van der Waals surface area contributed by atoms with Gasteiger partial charge < -0.3 is 5.32 Å². The van der Waals surface area contributed by atoms with Crippen LogP contribution in [0.15, 0.2) is 40.0 Å². The van der Waals surface area contributed by atoms with E-state index >= 15 is 0 Å². The van der Waals surface area contributed by atoms with Gasteiger partial charge in [0.15, 0.2) is 0 Å². The third-order valence-corrected chi connectivity index (χ3v) is 3.99. The molecule has 0 radical (unpaired) electrons. The molecule has 1 aliphatic heterocycles. The van der Waals surface area contributed by atoms with Gasteiger partial charge in [0.1, 0.15) is 0 Å². The molecule has 0 saturated heterocycles. The van der Waals surface area contributed by atoms with Gasteiger partial charge >= 0.3 is 0 Å². The topological polar surface area (TPSA) is 12.0 Å². The average molecular weight is 437 g/mol. The Morgan fingerprint density at radius 1 is 1.31 bits per heavy atom. The van der Waals surface area contributed by atoms with E-state index in [4.69, 9.17) is 0 Å². The monoisotopic (exact) mass is 437 g/mol. The number of hydrogen-bond acceptors (Lipinski definition) is 1. The Kier molecular flexibility index (Phi) is 4.29. The largest absolute Gasteiger partial charge is 0.381 e. The van der Waals surface area contributed by atoms with E-state index < -0.39 is 0 Å². The first-order valence-corrected chi connectivity index (χ1v) is 7.40. The van der Waals surface area contributed by atoms with E-state index in [9.17, 15) is 0 Å². The number of nitrogens with one attached hydrogen (secondary N) is 1. The van der Waals surface area contributed by atoms with Crippen LogP contribution >= 0.6 is 45.2 Å². The molecule has 84 valence electrons. The molecule has 1 atom stereocenters. The molecular weight excluding hydrogens is 424 g/mol. The molecule has 1 aliphatic rings. The number of anilines is 1. The first-order valence-electron chi connectivity index (χ1n) is 5.24. The Morgan fingerprint density at radius 2 is 2.12 bits per heavy atom. The van der Waals surface area contributed by atoms with Crippen molar-refractivity contribution >= 4 is 50.9 Å². The van der Waals surface area contributed by atoms with Crippen molar-refractivity contribution in [1.82, 2.24) is 0 Å². The van der Waals surface area contributed by atoms with Crippen LogP contribution in [-0.2, 0) is 0 Å². The maximum absolute atomic E-state index is 3.46. The smallest absolute Gasteiger partial charge is 0.0381 e. The molecule has 0 bridgehead atoms. The minimum absolute atomic E-state index is 0.451. The van der Waals surface area contributed by atoms with Crippen LogP contribution in [0.3, 0.4) is 0 Å². The predicted octanol–water partition coefficient (Wildman–Crippen LogP) is 4.70. The van der Waals surface area contributed by atoms with Gasteiger partial charge in [-0.25, -0.2) is 0 Å². The lowest BCUT2D eigenvalue weighted by Crippen LogP contribution is -2.03. The van der Waals surface area contributed by atoms with Gasteiger partial charge in [0.2, 0.25) is 0 Å². The van der Waals surface area contributed by atoms with Crippen LogP contribution in [0.2, 0.25) is 0 Å². The zero-order chi connectivity index (χ0) is 11.5. The Morgan fingerprint density at radius 3 is 2.94 bits per heavy atom. The predicted molar refractivity (Wildman–Crippen MR) is 87.3 cm³/mol. The molecule has 0 fully saturated rings. The SMILES string of the molecule is CC1/C=C(I)\C=C/CNc2ccc(I)cc21. The molecule has 1 heterocycles. The summed E-state index contributed by atoms with van der Waals surface area (Å²) in [5, 5.41) is 3.46.